The second kappa shape index (κ2) is 5.64. The van der Waals surface area contributed by atoms with E-state index in [2.05, 4.69) is 14.7 Å². The number of nitrogens with one attached hydrogen (secondary N) is 1. The maximum absolute atomic E-state index is 11.0. The molecule has 0 fully saturated rings. The minimum absolute atomic E-state index is 0.0525. The molecule has 96 valence electrons. The average molecular weight is 247 g/mol. The molecule has 2 heterocycles. The number of carbonyl (C=O) groups is 1. The van der Waals surface area contributed by atoms with E-state index in [9.17, 15) is 4.79 Å². The third-order valence-corrected chi connectivity index (χ3v) is 2.97. The number of hydrogen-bond acceptors (Lipinski definition) is 4. The van der Waals surface area contributed by atoms with Crippen LogP contribution in [0.1, 0.15) is 18.4 Å². The van der Waals surface area contributed by atoms with E-state index in [0.29, 0.717) is 12.8 Å². The number of nitrogens with two attached hydrogens (primary N) is 1. The second-order valence-corrected chi connectivity index (χ2v) is 4.29. The Balaban J connectivity index is 1.98. The average Bonchev–Trinajstić information content (AvgIpc) is 2.79. The van der Waals surface area contributed by atoms with Gasteiger partial charge in [-0.2, -0.15) is 0 Å². The molecule has 2 aromatic heterocycles. The van der Waals surface area contributed by atoms with Gasteiger partial charge in [-0.3, -0.25) is 4.79 Å². The number of aromatic nitrogens is 2. The third kappa shape index (κ3) is 2.87. The van der Waals surface area contributed by atoms with Crippen molar-refractivity contribution in [3.63, 3.8) is 0 Å². The number of nitrogens with zero attached hydrogens (tertiary/aromatic N) is 1. The lowest BCUT2D eigenvalue weighted by atomic mass is 10.0. The molecule has 0 amide bonds. The van der Waals surface area contributed by atoms with Crippen LogP contribution in [-0.2, 0) is 16.0 Å². The normalized spacial score (nSPS) is 12.6. The minimum atomic E-state index is -0.217. The molecule has 1 atom stereocenters. The van der Waals surface area contributed by atoms with Crippen molar-refractivity contribution in [3.8, 4) is 0 Å². The maximum atomic E-state index is 11.0. The highest BCUT2D eigenvalue weighted by Gasteiger charge is 2.11. The number of hydrogen-bond donors (Lipinski definition) is 2. The van der Waals surface area contributed by atoms with Crippen molar-refractivity contribution in [2.24, 2.45) is 5.73 Å². The third-order valence-electron chi connectivity index (χ3n) is 2.97. The first-order valence-electron chi connectivity index (χ1n) is 5.94. The van der Waals surface area contributed by atoms with Gasteiger partial charge in [0.2, 0.25) is 0 Å². The van der Waals surface area contributed by atoms with Gasteiger partial charge in [-0.25, -0.2) is 4.98 Å². The van der Waals surface area contributed by atoms with Crippen LogP contribution in [0.25, 0.3) is 11.0 Å². The summed E-state index contributed by atoms with van der Waals surface area (Å²) in [5, 5.41) is 1.09. The van der Waals surface area contributed by atoms with E-state index in [1.807, 2.05) is 18.3 Å². The Bertz CT molecular complexity index is 536. The van der Waals surface area contributed by atoms with Crippen LogP contribution in [-0.4, -0.2) is 29.1 Å². The molecule has 5 nitrogen and oxygen atoms in total. The molecule has 0 spiro atoms. The van der Waals surface area contributed by atoms with E-state index in [-0.39, 0.29) is 12.0 Å². The fourth-order valence-corrected chi connectivity index (χ4v) is 1.97. The number of fused-ring (bicyclic) bond motifs is 1. The molecular formula is C13H17N3O2. The lowest BCUT2D eigenvalue weighted by molar-refractivity contribution is -0.140. The van der Waals surface area contributed by atoms with Crippen LogP contribution < -0.4 is 5.73 Å². The molecule has 2 rings (SSSR count). The highest BCUT2D eigenvalue weighted by Crippen LogP contribution is 2.17. The van der Waals surface area contributed by atoms with Gasteiger partial charge in [0.25, 0.3) is 0 Å². The quantitative estimate of drug-likeness (QED) is 0.782. The summed E-state index contributed by atoms with van der Waals surface area (Å²) < 4.78 is 4.60. The Hall–Kier alpha value is -1.88. The molecule has 2 aromatic rings. The summed E-state index contributed by atoms with van der Waals surface area (Å²) in [5.41, 5.74) is 8.02. The maximum Gasteiger partial charge on any atom is 0.305 e. The van der Waals surface area contributed by atoms with Gasteiger partial charge in [0.05, 0.1) is 7.11 Å². The molecule has 0 aliphatic rings. The van der Waals surface area contributed by atoms with Crippen molar-refractivity contribution in [3.05, 3.63) is 30.1 Å². The first kappa shape index (κ1) is 12.6. The van der Waals surface area contributed by atoms with Gasteiger partial charge in [-0.15, -0.1) is 0 Å². The molecule has 0 aliphatic carbocycles. The lowest BCUT2D eigenvalue weighted by Gasteiger charge is -2.09. The smallest absolute Gasteiger partial charge is 0.305 e. The predicted octanol–water partition coefficient (Wildman–Crippen LogP) is 1.39. The molecule has 1 unspecified atom stereocenters. The Morgan fingerprint density at radius 3 is 3.22 bits per heavy atom. The van der Waals surface area contributed by atoms with Crippen molar-refractivity contribution in [1.29, 1.82) is 0 Å². The van der Waals surface area contributed by atoms with Gasteiger partial charge < -0.3 is 15.5 Å². The summed E-state index contributed by atoms with van der Waals surface area (Å²) in [5.74, 6) is -0.217. The van der Waals surface area contributed by atoms with Crippen LogP contribution in [0.15, 0.2) is 24.5 Å². The van der Waals surface area contributed by atoms with Crippen LogP contribution in [0, 0.1) is 0 Å². The van der Waals surface area contributed by atoms with Crippen molar-refractivity contribution >= 4 is 17.0 Å². The van der Waals surface area contributed by atoms with E-state index in [1.54, 1.807) is 6.20 Å². The number of aromatic amines is 1. The topological polar surface area (TPSA) is 81.0 Å². The highest BCUT2D eigenvalue weighted by atomic mass is 16.5. The zero-order valence-corrected chi connectivity index (χ0v) is 10.3. The number of ether oxygens (including phenoxy) is 1. The van der Waals surface area contributed by atoms with Crippen LogP contribution in [0.3, 0.4) is 0 Å². The van der Waals surface area contributed by atoms with Crippen molar-refractivity contribution in [1.82, 2.24) is 9.97 Å². The standard InChI is InChI=1S/C13H17N3O2/c1-18-12(17)5-4-10(14)7-9-8-16-13-11(9)3-2-6-15-13/h2-3,6,8,10H,4-5,7,14H2,1H3,(H,15,16). The zero-order valence-electron chi connectivity index (χ0n) is 10.3. The molecule has 5 heteroatoms. The second-order valence-electron chi connectivity index (χ2n) is 4.29. The van der Waals surface area contributed by atoms with E-state index in [1.165, 1.54) is 7.11 Å². The van der Waals surface area contributed by atoms with Gasteiger partial charge in [0, 0.05) is 30.2 Å². The van der Waals surface area contributed by atoms with Gasteiger partial charge >= 0.3 is 5.97 Å². The number of pyridine rings is 1. The first-order chi connectivity index (χ1) is 8.70. The number of methoxy groups -OCH3 is 1. The molecule has 18 heavy (non-hydrogen) atoms. The first-order valence-corrected chi connectivity index (χ1v) is 5.94. The summed E-state index contributed by atoms with van der Waals surface area (Å²) in [4.78, 5) is 18.4. The fraction of sp³-hybridized carbons (Fsp3) is 0.385. The summed E-state index contributed by atoms with van der Waals surface area (Å²) in [6.07, 6.45) is 5.38. The zero-order chi connectivity index (χ0) is 13.0. The van der Waals surface area contributed by atoms with Crippen LogP contribution in [0.2, 0.25) is 0 Å². The van der Waals surface area contributed by atoms with E-state index in [4.69, 9.17) is 5.73 Å². The van der Waals surface area contributed by atoms with Crippen LogP contribution in [0.5, 0.6) is 0 Å². The van der Waals surface area contributed by atoms with E-state index >= 15 is 0 Å². The van der Waals surface area contributed by atoms with E-state index < -0.39 is 0 Å². The molecule has 0 aliphatic heterocycles. The SMILES string of the molecule is COC(=O)CCC(N)Cc1c[nH]c2ncccc12. The predicted molar refractivity (Wildman–Crippen MR) is 69.0 cm³/mol. The number of H-pyrrole nitrogens is 1. The summed E-state index contributed by atoms with van der Waals surface area (Å²) in [6.45, 7) is 0. The number of esters is 1. The molecule has 0 bridgehead atoms. The number of carbonyl (C=O) groups excluding carboxylic acids is 1. The van der Waals surface area contributed by atoms with Gasteiger partial charge in [0.15, 0.2) is 0 Å². The van der Waals surface area contributed by atoms with Crippen LogP contribution >= 0.6 is 0 Å². The van der Waals surface area contributed by atoms with Crippen molar-refractivity contribution in [2.45, 2.75) is 25.3 Å². The molecular weight excluding hydrogens is 230 g/mol. The minimum Gasteiger partial charge on any atom is -0.469 e. The molecule has 0 aromatic carbocycles. The van der Waals surface area contributed by atoms with Gasteiger partial charge in [-0.1, -0.05) is 0 Å². The Morgan fingerprint density at radius 1 is 1.61 bits per heavy atom. The summed E-state index contributed by atoms with van der Waals surface area (Å²) >= 11 is 0. The van der Waals surface area contributed by atoms with Crippen molar-refractivity contribution < 1.29 is 9.53 Å². The Morgan fingerprint density at radius 2 is 2.44 bits per heavy atom. The highest BCUT2D eigenvalue weighted by molar-refractivity contribution is 5.79. The molecule has 0 radical (unpaired) electrons. The molecule has 3 N–H and O–H groups in total. The summed E-state index contributed by atoms with van der Waals surface area (Å²) in [7, 11) is 1.39. The van der Waals surface area contributed by atoms with Gasteiger partial charge in [-0.05, 0) is 30.5 Å². The summed E-state index contributed by atoms with van der Waals surface area (Å²) in [6, 6.07) is 3.87. The largest absolute Gasteiger partial charge is 0.469 e. The van der Waals surface area contributed by atoms with Crippen molar-refractivity contribution in [2.75, 3.05) is 7.11 Å². The molecule has 0 saturated heterocycles. The van der Waals surface area contributed by atoms with Gasteiger partial charge in [0.1, 0.15) is 5.65 Å². The Labute approximate surface area is 105 Å². The Kier molecular flexibility index (Phi) is 3.94. The van der Waals surface area contributed by atoms with Crippen LogP contribution in [0.4, 0.5) is 0 Å². The fourth-order valence-electron chi connectivity index (χ4n) is 1.97. The monoisotopic (exact) mass is 247 g/mol. The number of rotatable bonds is 5. The lowest BCUT2D eigenvalue weighted by Crippen LogP contribution is -2.23. The van der Waals surface area contributed by atoms with E-state index in [0.717, 1.165) is 23.0 Å². The molecule has 0 saturated carbocycles.